The summed E-state index contributed by atoms with van der Waals surface area (Å²) < 4.78 is 2.02. The zero-order chi connectivity index (χ0) is 11.5. The van der Waals surface area contributed by atoms with Gasteiger partial charge in [-0.1, -0.05) is 25.4 Å². The number of nitrogens with two attached hydrogens (primary N) is 1. The number of halogens is 1. The number of hydrogen-bond donors (Lipinski definition) is 1. The minimum atomic E-state index is 0.295. The van der Waals surface area contributed by atoms with Crippen molar-refractivity contribution in [1.82, 2.24) is 14.5 Å². The lowest BCUT2D eigenvalue weighted by atomic mass is 10.2. The van der Waals surface area contributed by atoms with Crippen LogP contribution in [0.2, 0.25) is 5.02 Å². The van der Waals surface area contributed by atoms with Crippen molar-refractivity contribution >= 4 is 28.7 Å². The van der Waals surface area contributed by atoms with Crippen molar-refractivity contribution in [2.75, 3.05) is 5.73 Å². The number of rotatable bonds is 1. The van der Waals surface area contributed by atoms with Crippen LogP contribution >= 0.6 is 11.6 Å². The third-order valence-electron chi connectivity index (χ3n) is 3.30. The largest absolute Gasteiger partial charge is 0.369 e. The third kappa shape index (κ3) is 1.29. The molecule has 1 aliphatic carbocycles. The summed E-state index contributed by atoms with van der Waals surface area (Å²) in [5.41, 5.74) is 7.83. The Labute approximate surface area is 98.4 Å². The monoisotopic (exact) mass is 236 g/mol. The van der Waals surface area contributed by atoms with Gasteiger partial charge in [-0.15, -0.1) is 0 Å². The molecule has 1 atom stereocenters. The highest BCUT2D eigenvalue weighted by Gasteiger charge is 2.48. The van der Waals surface area contributed by atoms with Gasteiger partial charge in [0.1, 0.15) is 5.52 Å². The zero-order valence-electron chi connectivity index (χ0n) is 9.24. The first-order chi connectivity index (χ1) is 7.49. The molecular weight excluding hydrogens is 224 g/mol. The highest BCUT2D eigenvalue weighted by molar-refractivity contribution is 6.31. The first kappa shape index (κ1) is 9.90. The van der Waals surface area contributed by atoms with E-state index in [1.165, 1.54) is 0 Å². The van der Waals surface area contributed by atoms with Crippen molar-refractivity contribution in [3.63, 3.8) is 0 Å². The molecule has 1 saturated carbocycles. The number of imidazole rings is 1. The van der Waals surface area contributed by atoms with Crippen LogP contribution in [0.4, 0.5) is 5.95 Å². The van der Waals surface area contributed by atoms with Crippen molar-refractivity contribution in [2.45, 2.75) is 26.3 Å². The number of nitrogens with zero attached hydrogens (tertiary/aromatic N) is 3. The molecule has 1 unspecified atom stereocenters. The average molecular weight is 237 g/mol. The van der Waals surface area contributed by atoms with Gasteiger partial charge >= 0.3 is 0 Å². The van der Waals surface area contributed by atoms with Crippen LogP contribution in [0.5, 0.6) is 0 Å². The molecule has 0 aromatic carbocycles. The van der Waals surface area contributed by atoms with Crippen molar-refractivity contribution in [3.05, 3.63) is 17.3 Å². The minimum Gasteiger partial charge on any atom is -0.369 e. The highest BCUT2D eigenvalue weighted by Crippen LogP contribution is 2.56. The van der Waals surface area contributed by atoms with E-state index in [9.17, 15) is 0 Å². The van der Waals surface area contributed by atoms with Gasteiger partial charge in [0.2, 0.25) is 5.95 Å². The molecule has 5 heteroatoms. The van der Waals surface area contributed by atoms with Gasteiger partial charge in [0.25, 0.3) is 0 Å². The van der Waals surface area contributed by atoms with Gasteiger partial charge < -0.3 is 5.73 Å². The Kier molecular flexibility index (Phi) is 1.79. The van der Waals surface area contributed by atoms with Crippen molar-refractivity contribution < 1.29 is 0 Å². The Hall–Kier alpha value is -1.29. The van der Waals surface area contributed by atoms with Crippen molar-refractivity contribution in [3.8, 4) is 0 Å². The van der Waals surface area contributed by atoms with Crippen LogP contribution < -0.4 is 5.73 Å². The second-order valence-electron chi connectivity index (χ2n) is 5.04. The van der Waals surface area contributed by atoms with E-state index < -0.39 is 0 Å². The molecule has 0 aliphatic heterocycles. The molecule has 4 nitrogen and oxygen atoms in total. The predicted molar refractivity (Wildman–Crippen MR) is 64.4 cm³/mol. The van der Waals surface area contributed by atoms with Crippen LogP contribution in [0.15, 0.2) is 12.3 Å². The minimum absolute atomic E-state index is 0.295. The maximum atomic E-state index is 5.93. The van der Waals surface area contributed by atoms with Gasteiger partial charge in [-0.2, -0.15) is 0 Å². The van der Waals surface area contributed by atoms with Gasteiger partial charge in [-0.3, -0.25) is 4.57 Å². The summed E-state index contributed by atoms with van der Waals surface area (Å²) in [4.78, 5) is 8.61. The lowest BCUT2D eigenvalue weighted by molar-refractivity contribution is 0.551. The topological polar surface area (TPSA) is 56.7 Å². The fourth-order valence-electron chi connectivity index (χ4n) is 2.16. The maximum absolute atomic E-state index is 5.93. The number of pyridine rings is 1. The summed E-state index contributed by atoms with van der Waals surface area (Å²) in [6.45, 7) is 4.44. The molecule has 3 rings (SSSR count). The normalized spacial score (nSPS) is 22.6. The molecule has 16 heavy (non-hydrogen) atoms. The highest BCUT2D eigenvalue weighted by atomic mass is 35.5. The first-order valence-corrected chi connectivity index (χ1v) is 5.66. The summed E-state index contributed by atoms with van der Waals surface area (Å²) in [6, 6.07) is 2.21. The van der Waals surface area contributed by atoms with Gasteiger partial charge in [-0.05, 0) is 17.9 Å². The van der Waals surface area contributed by atoms with Crippen molar-refractivity contribution in [2.24, 2.45) is 5.41 Å². The standard InChI is InChI=1S/C11H13ClN4/c1-11(2)4-8(11)16-9-7(15-10(16)13)3-6(12)5-14-9/h3,5,8H,4H2,1-2H3,(H2,13,15). The summed E-state index contributed by atoms with van der Waals surface area (Å²) in [5, 5.41) is 0.590. The number of hydrogen-bond acceptors (Lipinski definition) is 3. The Morgan fingerprint density at radius 1 is 1.56 bits per heavy atom. The number of anilines is 1. The van der Waals surface area contributed by atoms with E-state index in [1.54, 1.807) is 12.3 Å². The maximum Gasteiger partial charge on any atom is 0.202 e. The Morgan fingerprint density at radius 3 is 2.88 bits per heavy atom. The molecule has 0 radical (unpaired) electrons. The lowest BCUT2D eigenvalue weighted by Gasteiger charge is -2.07. The predicted octanol–water partition coefficient (Wildman–Crippen LogP) is 2.64. The van der Waals surface area contributed by atoms with E-state index in [1.807, 2.05) is 4.57 Å². The van der Waals surface area contributed by atoms with Gasteiger partial charge in [0.15, 0.2) is 5.65 Å². The smallest absolute Gasteiger partial charge is 0.202 e. The Bertz CT molecular complexity index is 573. The molecule has 0 spiro atoms. The Morgan fingerprint density at radius 2 is 2.25 bits per heavy atom. The van der Waals surface area contributed by atoms with Crippen LogP contribution in [0.1, 0.15) is 26.3 Å². The van der Waals surface area contributed by atoms with Crippen LogP contribution in [-0.4, -0.2) is 14.5 Å². The third-order valence-corrected chi connectivity index (χ3v) is 3.50. The molecule has 2 aromatic heterocycles. The molecular formula is C11H13ClN4. The molecule has 1 fully saturated rings. The van der Waals surface area contributed by atoms with Crippen LogP contribution in [0.25, 0.3) is 11.2 Å². The van der Waals surface area contributed by atoms with E-state index in [0.717, 1.165) is 17.6 Å². The second-order valence-corrected chi connectivity index (χ2v) is 5.48. The van der Waals surface area contributed by atoms with Crippen molar-refractivity contribution in [1.29, 1.82) is 0 Å². The van der Waals surface area contributed by atoms with Crippen LogP contribution in [0.3, 0.4) is 0 Å². The molecule has 0 bridgehead atoms. The quantitative estimate of drug-likeness (QED) is 0.828. The molecule has 2 N–H and O–H groups in total. The van der Waals surface area contributed by atoms with E-state index >= 15 is 0 Å². The zero-order valence-corrected chi connectivity index (χ0v) is 9.99. The summed E-state index contributed by atoms with van der Waals surface area (Å²) in [7, 11) is 0. The molecule has 84 valence electrons. The fraction of sp³-hybridized carbons (Fsp3) is 0.455. The first-order valence-electron chi connectivity index (χ1n) is 5.28. The molecule has 0 amide bonds. The van der Waals surface area contributed by atoms with Gasteiger partial charge in [0, 0.05) is 12.2 Å². The SMILES string of the molecule is CC1(C)CC1n1c(N)nc2cc(Cl)cnc21. The van der Waals surface area contributed by atoms with E-state index in [4.69, 9.17) is 17.3 Å². The van der Waals surface area contributed by atoms with E-state index in [2.05, 4.69) is 23.8 Å². The molecule has 2 aromatic rings. The van der Waals surface area contributed by atoms with Gasteiger partial charge in [0.05, 0.1) is 5.02 Å². The molecule has 1 aliphatic rings. The van der Waals surface area contributed by atoms with E-state index in [0.29, 0.717) is 22.4 Å². The van der Waals surface area contributed by atoms with Gasteiger partial charge in [-0.25, -0.2) is 9.97 Å². The molecule has 2 heterocycles. The molecule has 0 saturated heterocycles. The number of nitrogen functional groups attached to an aromatic ring is 1. The summed E-state index contributed by atoms with van der Waals surface area (Å²) in [6.07, 6.45) is 2.75. The fourth-order valence-corrected chi connectivity index (χ4v) is 2.31. The second kappa shape index (κ2) is 2.88. The average Bonchev–Trinajstić information content (AvgIpc) is 2.67. The summed E-state index contributed by atoms with van der Waals surface area (Å²) >= 11 is 5.88. The Balaban J connectivity index is 2.21. The van der Waals surface area contributed by atoms with E-state index in [-0.39, 0.29) is 0 Å². The number of aromatic nitrogens is 3. The summed E-state index contributed by atoms with van der Waals surface area (Å²) in [5.74, 6) is 0.528. The van der Waals surface area contributed by atoms with Crippen LogP contribution in [0, 0.1) is 5.41 Å². The number of fused-ring (bicyclic) bond motifs is 1. The van der Waals surface area contributed by atoms with Crippen LogP contribution in [-0.2, 0) is 0 Å². The lowest BCUT2D eigenvalue weighted by Crippen LogP contribution is -2.05.